The average molecular weight is 420 g/mol. The lowest BCUT2D eigenvalue weighted by Gasteiger charge is -2.25. The summed E-state index contributed by atoms with van der Waals surface area (Å²) in [4.78, 5) is 26.7. The first kappa shape index (κ1) is 20.5. The molecule has 0 radical (unpaired) electrons. The lowest BCUT2D eigenvalue weighted by Crippen LogP contribution is -2.45. The number of para-hydroxylation sites is 1. The number of hydrogen-bond acceptors (Lipinski definition) is 2. The fourth-order valence-electron chi connectivity index (χ4n) is 3.08. The fourth-order valence-corrected chi connectivity index (χ4v) is 3.58. The van der Waals surface area contributed by atoms with Gasteiger partial charge in [-0.1, -0.05) is 59.6 Å². The number of anilines is 1. The van der Waals surface area contributed by atoms with Crippen LogP contribution in [0.15, 0.2) is 48.5 Å². The van der Waals surface area contributed by atoms with Crippen LogP contribution in [0.4, 0.5) is 10.5 Å². The second-order valence-corrected chi connectivity index (χ2v) is 7.65. The summed E-state index contributed by atoms with van der Waals surface area (Å²) in [5.74, 6) is 0.0931. The molecule has 1 fully saturated rings. The standard InChI is InChI=1S/C21H23Cl2N3O2/c1-2-26(13-18(27)24-20-16(22)9-6-10-17(20)23)21(28)25-19(15-11-12-15)14-7-4-3-5-8-14/h3-10,15,19H,2,11-13H2,1H3,(H,24,27)(H,25,28)/t19-/m1/s1. The molecule has 0 spiro atoms. The topological polar surface area (TPSA) is 61.4 Å². The number of nitrogens with one attached hydrogen (secondary N) is 2. The first-order chi connectivity index (χ1) is 13.5. The van der Waals surface area contributed by atoms with E-state index in [2.05, 4.69) is 10.6 Å². The number of carbonyl (C=O) groups excluding carboxylic acids is 2. The Morgan fingerprint density at radius 3 is 2.29 bits per heavy atom. The number of halogens is 2. The van der Waals surface area contributed by atoms with E-state index in [1.54, 1.807) is 18.2 Å². The van der Waals surface area contributed by atoms with Crippen LogP contribution in [0.2, 0.25) is 10.0 Å². The van der Waals surface area contributed by atoms with Crippen molar-refractivity contribution in [2.45, 2.75) is 25.8 Å². The van der Waals surface area contributed by atoms with Crippen LogP contribution in [-0.2, 0) is 4.79 Å². The molecule has 0 saturated heterocycles. The maximum absolute atomic E-state index is 12.8. The van der Waals surface area contributed by atoms with Gasteiger partial charge in [0.25, 0.3) is 0 Å². The van der Waals surface area contributed by atoms with E-state index < -0.39 is 0 Å². The zero-order valence-electron chi connectivity index (χ0n) is 15.6. The number of carbonyl (C=O) groups is 2. The van der Waals surface area contributed by atoms with E-state index in [9.17, 15) is 9.59 Å². The molecular formula is C21H23Cl2N3O2. The Morgan fingerprint density at radius 2 is 1.71 bits per heavy atom. The predicted molar refractivity (Wildman–Crippen MR) is 113 cm³/mol. The summed E-state index contributed by atoms with van der Waals surface area (Å²) in [7, 11) is 0. The van der Waals surface area contributed by atoms with E-state index in [-0.39, 0.29) is 24.5 Å². The summed E-state index contributed by atoms with van der Waals surface area (Å²) >= 11 is 12.2. The fraction of sp³-hybridized carbons (Fsp3) is 0.333. The van der Waals surface area contributed by atoms with Crippen molar-refractivity contribution in [3.8, 4) is 0 Å². The highest BCUT2D eigenvalue weighted by molar-refractivity contribution is 6.39. The summed E-state index contributed by atoms with van der Waals surface area (Å²) in [6, 6.07) is 14.6. The molecule has 0 aromatic heterocycles. The molecule has 1 aliphatic rings. The van der Waals surface area contributed by atoms with Crippen LogP contribution in [0.5, 0.6) is 0 Å². The smallest absolute Gasteiger partial charge is 0.318 e. The van der Waals surface area contributed by atoms with Gasteiger partial charge in [0.2, 0.25) is 5.91 Å². The molecule has 28 heavy (non-hydrogen) atoms. The molecule has 5 nitrogen and oxygen atoms in total. The van der Waals surface area contributed by atoms with Gasteiger partial charge < -0.3 is 15.5 Å². The zero-order valence-corrected chi connectivity index (χ0v) is 17.1. The number of rotatable bonds is 7. The monoisotopic (exact) mass is 419 g/mol. The van der Waals surface area contributed by atoms with Crippen molar-refractivity contribution in [1.82, 2.24) is 10.2 Å². The summed E-state index contributed by atoms with van der Waals surface area (Å²) in [6.07, 6.45) is 2.19. The van der Waals surface area contributed by atoms with Crippen molar-refractivity contribution in [2.24, 2.45) is 5.92 Å². The Kier molecular flexibility index (Phi) is 6.81. The third kappa shape index (κ3) is 5.18. The molecule has 1 atom stereocenters. The summed E-state index contributed by atoms with van der Waals surface area (Å²) in [5, 5.41) is 6.49. The third-order valence-corrected chi connectivity index (χ3v) is 5.39. The molecule has 0 bridgehead atoms. The SMILES string of the molecule is CCN(CC(=O)Nc1c(Cl)cccc1Cl)C(=O)N[C@H](c1ccccc1)C1CC1. The Bertz CT molecular complexity index is 821. The lowest BCUT2D eigenvalue weighted by atomic mass is 10.0. The maximum Gasteiger partial charge on any atom is 0.318 e. The van der Waals surface area contributed by atoms with Crippen LogP contribution in [0.3, 0.4) is 0 Å². The van der Waals surface area contributed by atoms with E-state index in [0.717, 1.165) is 18.4 Å². The number of amides is 3. The molecule has 1 saturated carbocycles. The van der Waals surface area contributed by atoms with Crippen LogP contribution in [0.1, 0.15) is 31.4 Å². The van der Waals surface area contributed by atoms with Crippen LogP contribution in [0, 0.1) is 5.92 Å². The molecule has 3 rings (SSSR count). The molecule has 7 heteroatoms. The summed E-state index contributed by atoms with van der Waals surface area (Å²) in [6.45, 7) is 2.15. The molecule has 0 aliphatic heterocycles. The minimum Gasteiger partial charge on any atom is -0.331 e. The van der Waals surface area contributed by atoms with E-state index >= 15 is 0 Å². The normalized spacial score (nSPS) is 14.2. The van der Waals surface area contributed by atoms with Gasteiger partial charge in [-0.25, -0.2) is 4.79 Å². The second kappa shape index (κ2) is 9.30. The lowest BCUT2D eigenvalue weighted by molar-refractivity contribution is -0.116. The average Bonchev–Trinajstić information content (AvgIpc) is 3.53. The van der Waals surface area contributed by atoms with E-state index in [4.69, 9.17) is 23.2 Å². The van der Waals surface area contributed by atoms with Crippen LogP contribution in [0.25, 0.3) is 0 Å². The van der Waals surface area contributed by atoms with E-state index in [0.29, 0.717) is 28.2 Å². The number of nitrogens with zero attached hydrogens (tertiary/aromatic N) is 1. The molecular weight excluding hydrogens is 397 g/mol. The van der Waals surface area contributed by atoms with E-state index in [1.807, 2.05) is 37.3 Å². The predicted octanol–water partition coefficient (Wildman–Crippen LogP) is 5.11. The number of urea groups is 1. The minimum absolute atomic E-state index is 0.0381. The minimum atomic E-state index is -0.352. The van der Waals surface area contributed by atoms with Crippen LogP contribution >= 0.6 is 23.2 Å². The Labute approximate surface area is 175 Å². The summed E-state index contributed by atoms with van der Waals surface area (Å²) in [5.41, 5.74) is 1.44. The maximum atomic E-state index is 12.8. The van der Waals surface area contributed by atoms with Crippen LogP contribution in [-0.4, -0.2) is 29.9 Å². The molecule has 1 aliphatic carbocycles. The molecule has 3 amide bonds. The van der Waals surface area contributed by atoms with Gasteiger partial charge in [0.15, 0.2) is 0 Å². The van der Waals surface area contributed by atoms with Gasteiger partial charge in [0.05, 0.1) is 21.8 Å². The Hall–Kier alpha value is -2.24. The second-order valence-electron chi connectivity index (χ2n) is 6.83. The van der Waals surface area contributed by atoms with Crippen molar-refractivity contribution < 1.29 is 9.59 Å². The molecule has 0 heterocycles. The van der Waals surface area contributed by atoms with Gasteiger partial charge >= 0.3 is 6.03 Å². The van der Waals surface area contributed by atoms with Gasteiger partial charge in [-0.05, 0) is 43.4 Å². The van der Waals surface area contributed by atoms with Gasteiger partial charge in [-0.2, -0.15) is 0 Å². The highest BCUT2D eigenvalue weighted by atomic mass is 35.5. The van der Waals surface area contributed by atoms with Crippen molar-refractivity contribution in [3.63, 3.8) is 0 Å². The molecule has 2 aromatic carbocycles. The highest BCUT2D eigenvalue weighted by Crippen LogP contribution is 2.41. The zero-order chi connectivity index (χ0) is 20.1. The molecule has 2 aromatic rings. The molecule has 0 unspecified atom stereocenters. The van der Waals surface area contributed by atoms with Gasteiger partial charge in [0.1, 0.15) is 6.54 Å². The van der Waals surface area contributed by atoms with E-state index in [1.165, 1.54) is 4.90 Å². The Balaban J connectivity index is 1.63. The van der Waals surface area contributed by atoms with Crippen molar-refractivity contribution in [3.05, 3.63) is 64.1 Å². The summed E-state index contributed by atoms with van der Waals surface area (Å²) < 4.78 is 0. The van der Waals surface area contributed by atoms with Crippen molar-refractivity contribution in [2.75, 3.05) is 18.4 Å². The van der Waals surface area contributed by atoms with Crippen LogP contribution < -0.4 is 10.6 Å². The van der Waals surface area contributed by atoms with Gasteiger partial charge in [0, 0.05) is 6.54 Å². The number of hydrogen-bond donors (Lipinski definition) is 2. The Morgan fingerprint density at radius 1 is 1.07 bits per heavy atom. The number of benzene rings is 2. The first-order valence-electron chi connectivity index (χ1n) is 9.33. The molecule has 148 valence electrons. The van der Waals surface area contributed by atoms with Crippen molar-refractivity contribution in [1.29, 1.82) is 0 Å². The number of likely N-dealkylation sites (N-methyl/N-ethyl adjacent to an activating group) is 1. The largest absolute Gasteiger partial charge is 0.331 e. The first-order valence-corrected chi connectivity index (χ1v) is 10.1. The van der Waals surface area contributed by atoms with Gasteiger partial charge in [-0.3, -0.25) is 4.79 Å². The van der Waals surface area contributed by atoms with Gasteiger partial charge in [-0.15, -0.1) is 0 Å². The molecule has 2 N–H and O–H groups in total. The quantitative estimate of drug-likeness (QED) is 0.654. The van der Waals surface area contributed by atoms with Crippen molar-refractivity contribution >= 4 is 40.8 Å². The third-order valence-electron chi connectivity index (χ3n) is 4.76. The highest BCUT2D eigenvalue weighted by Gasteiger charge is 2.34.